The van der Waals surface area contributed by atoms with Crippen molar-refractivity contribution in [3.8, 4) is 0 Å². The van der Waals surface area contributed by atoms with Crippen molar-refractivity contribution in [3.05, 3.63) is 104 Å². The van der Waals surface area contributed by atoms with E-state index in [1.165, 1.54) is 140 Å². The molecule has 12 fully saturated rings. The second-order valence-corrected chi connectivity index (χ2v) is 36.3. The molecule has 18 rings (SSSR count). The Balaban J connectivity index is 0.000000141. The molecule has 9 saturated heterocycles. The standard InChI is InChI=1S/C31H43N5O4.C29H39N5O4.C27H39N5O.C4H5ClO3.ClH/c1-2-40-31(39)30(38)35-20-22-18-34(19-23(22)21-35)28-29(37)36(27-13-9-8-12-26(27)32-28)25-14-16-33(17-15-25)24-10-6-4-3-5-7-11-24;35-27-26(32-16-20-18-33(19-21(20)17-32)28(36)29(37)38)30-24-10-6-7-11-25(24)34(27)23-12-14-31(15-13-23)22-8-4-2-1-3-5-9-22;33-27-26(31-18-20-16-28-17-21(20)19-31)29-24-10-6-7-11-25(24)32(27)23-12-14-30(15-13-23)22-8-4-2-1-3-5-9-22;1-2-8-4(7)3(5)6;/h8-9,12-13,22-25H,2-7,10-11,14-21H2,1H3;6-7,10-11,20-23H,1-5,8-9,12-19H2,(H,37,38);6-7,10-11,20-23,28H,1-5,8-9,12-19H2;2H2,1H3;1H. The van der Waals surface area contributed by atoms with Crippen LogP contribution in [0.2, 0.25) is 0 Å². The number of nitrogens with one attached hydrogen (secondary N) is 1. The van der Waals surface area contributed by atoms with E-state index in [-0.39, 0.29) is 84.1 Å². The number of fused-ring (bicyclic) bond motifs is 6. The van der Waals surface area contributed by atoms with Crippen LogP contribution in [0, 0.1) is 35.5 Å². The van der Waals surface area contributed by atoms with Crippen LogP contribution in [0.3, 0.4) is 0 Å². The number of aliphatic carboxylic acids is 1. The number of hydrogen-bond acceptors (Lipinski definition) is 21. The normalized spacial score (nSPS) is 24.9. The Bertz CT molecular complexity index is 4670. The van der Waals surface area contributed by atoms with Crippen LogP contribution < -0.4 is 36.7 Å². The molecule has 120 heavy (non-hydrogen) atoms. The minimum atomic E-state index is -1.40. The molecule has 6 aromatic rings. The van der Waals surface area contributed by atoms with E-state index in [9.17, 15) is 43.2 Å². The van der Waals surface area contributed by atoms with Gasteiger partial charge in [-0.1, -0.05) is 133 Å². The van der Waals surface area contributed by atoms with Crippen molar-refractivity contribution in [2.24, 2.45) is 35.5 Å². The minimum Gasteiger partial charge on any atom is -0.474 e. The summed E-state index contributed by atoms with van der Waals surface area (Å²) in [6.07, 6.45) is 34.6. The molecule has 3 aromatic carbocycles. The molecule has 27 nitrogen and oxygen atoms in total. The number of para-hydroxylation sites is 6. The lowest BCUT2D eigenvalue weighted by Gasteiger charge is -2.39. The quantitative estimate of drug-likeness (QED) is 0.0654. The number of piperidine rings is 3. The van der Waals surface area contributed by atoms with Gasteiger partial charge in [-0.05, 0) is 151 Å². The fourth-order valence-corrected chi connectivity index (χ4v) is 22.4. The number of carbonyl (C=O) groups is 6. The smallest absolute Gasteiger partial charge is 0.397 e. The number of esters is 2. The van der Waals surface area contributed by atoms with Crippen LogP contribution in [-0.2, 0) is 38.2 Å². The largest absolute Gasteiger partial charge is 0.474 e. The monoisotopic (exact) mass is 1690 g/mol. The van der Waals surface area contributed by atoms with Gasteiger partial charge < -0.3 is 72.8 Å². The number of anilines is 3. The number of carboxylic acid groups (broad SMARTS) is 1. The minimum absolute atomic E-state index is 0. The van der Waals surface area contributed by atoms with Gasteiger partial charge in [-0.25, -0.2) is 29.3 Å². The highest BCUT2D eigenvalue weighted by Crippen LogP contribution is 2.40. The number of hydrogen-bond donors (Lipinski definition) is 2. The van der Waals surface area contributed by atoms with Crippen molar-refractivity contribution in [1.82, 2.24) is 58.5 Å². The summed E-state index contributed by atoms with van der Waals surface area (Å²) >= 11 is 4.69. The Kier molecular flexibility index (Phi) is 30.4. The zero-order valence-electron chi connectivity index (χ0n) is 70.6. The second kappa shape index (κ2) is 41.4. The average Bonchev–Trinajstić information content (AvgIpc) is 1.39. The third-order valence-corrected chi connectivity index (χ3v) is 28.8. The van der Waals surface area contributed by atoms with E-state index >= 15 is 0 Å². The van der Waals surface area contributed by atoms with E-state index < -0.39 is 35.0 Å². The highest BCUT2D eigenvalue weighted by atomic mass is 35.5. The van der Waals surface area contributed by atoms with Gasteiger partial charge in [0.05, 0.1) is 46.3 Å². The lowest BCUT2D eigenvalue weighted by molar-refractivity contribution is -0.159. The van der Waals surface area contributed by atoms with Gasteiger partial charge in [0.15, 0.2) is 17.5 Å². The van der Waals surface area contributed by atoms with Crippen LogP contribution in [-0.4, -0.2) is 242 Å². The van der Waals surface area contributed by atoms with Crippen molar-refractivity contribution in [2.75, 3.05) is 146 Å². The van der Waals surface area contributed by atoms with Gasteiger partial charge in [-0.3, -0.25) is 28.8 Å². The fraction of sp³-hybridized carbons (Fsp3) is 0.670. The van der Waals surface area contributed by atoms with E-state index in [4.69, 9.17) is 36.4 Å². The van der Waals surface area contributed by atoms with E-state index in [0.29, 0.717) is 93.7 Å². The molecular weight excluding hydrogens is 1570 g/mol. The molecule has 2 amide bonds. The summed E-state index contributed by atoms with van der Waals surface area (Å²) in [4.78, 5) is 142. The van der Waals surface area contributed by atoms with Crippen LogP contribution >= 0.6 is 24.0 Å². The number of carbonyl (C=O) groups excluding carboxylic acids is 5. The van der Waals surface area contributed by atoms with Crippen molar-refractivity contribution in [2.45, 2.75) is 223 Å². The first-order chi connectivity index (χ1) is 58.0. The molecule has 0 radical (unpaired) electrons. The Labute approximate surface area is 715 Å². The second-order valence-electron chi connectivity index (χ2n) is 36.0. The van der Waals surface area contributed by atoms with Gasteiger partial charge in [-0.2, -0.15) is 0 Å². The predicted octanol–water partition coefficient (Wildman–Crippen LogP) is 11.3. The zero-order valence-corrected chi connectivity index (χ0v) is 72.1. The summed E-state index contributed by atoms with van der Waals surface area (Å²) in [5.74, 6) is -0.800. The topological polar surface area (TPSA) is 284 Å². The Hall–Kier alpha value is -8.08. The third kappa shape index (κ3) is 20.4. The third-order valence-electron chi connectivity index (χ3n) is 28.6. The number of aromatic nitrogens is 6. The molecule has 12 aliphatic rings. The predicted molar refractivity (Wildman–Crippen MR) is 468 cm³/mol. The van der Waals surface area contributed by atoms with Crippen molar-refractivity contribution in [1.29, 1.82) is 0 Å². The number of ether oxygens (including phenoxy) is 2. The summed E-state index contributed by atoms with van der Waals surface area (Å²) in [6, 6.07) is 27.0. The first-order valence-corrected chi connectivity index (χ1v) is 45.9. The molecule has 3 aliphatic carbocycles. The SMILES string of the molecule is CCOC(=O)C(=O)Cl.CCOC(=O)C(=O)N1CC2CN(c3nc4ccccc4n(C4CCN(C5CCCCCCC5)CC4)c3=O)CC2C1.Cl.O=C(O)C(=O)N1CC2CN(c3nc4ccccc4n(C4CCN(C5CCCCCCC5)CC4)c3=O)CC2C1.O=c1c(N2CC3CNCC3C2)nc2ccccc2n1C1CCN(C2CCCCCCC2)CC1. The number of likely N-dealkylation sites (tertiary alicyclic amines) is 5. The van der Waals surface area contributed by atoms with Crippen LogP contribution in [0.4, 0.5) is 17.5 Å². The van der Waals surface area contributed by atoms with E-state index in [1.54, 1.807) is 18.7 Å². The Morgan fingerprint density at radius 1 is 0.375 bits per heavy atom. The first-order valence-electron chi connectivity index (χ1n) is 45.5. The summed E-state index contributed by atoms with van der Waals surface area (Å²) in [5, 5.41) is 11.5. The number of rotatable bonds is 12. The van der Waals surface area contributed by atoms with Gasteiger partial charge in [0.2, 0.25) is 0 Å². The molecule has 9 aliphatic heterocycles. The van der Waals surface area contributed by atoms with E-state index in [0.717, 1.165) is 143 Å². The number of nitrogens with zero attached hydrogens (tertiary/aromatic N) is 14. The molecule has 29 heteroatoms. The van der Waals surface area contributed by atoms with Crippen LogP contribution in [0.25, 0.3) is 33.1 Å². The highest BCUT2D eigenvalue weighted by Gasteiger charge is 2.47. The fourth-order valence-electron chi connectivity index (χ4n) is 22.4. The van der Waals surface area contributed by atoms with Gasteiger partial charge >= 0.3 is 35.0 Å². The maximum absolute atomic E-state index is 14.1. The Morgan fingerprint density at radius 2 is 0.650 bits per heavy atom. The molecule has 3 aromatic heterocycles. The summed E-state index contributed by atoms with van der Waals surface area (Å²) < 4.78 is 15.3. The lowest BCUT2D eigenvalue weighted by atomic mass is 9.93. The molecule has 2 N–H and O–H groups in total. The summed E-state index contributed by atoms with van der Waals surface area (Å²) in [5.41, 5.74) is 5.61. The zero-order chi connectivity index (χ0) is 82.6. The maximum atomic E-state index is 14.1. The lowest BCUT2D eigenvalue weighted by Crippen LogP contribution is -2.44. The summed E-state index contributed by atoms with van der Waals surface area (Å²) in [6.45, 7) is 18.6. The van der Waals surface area contributed by atoms with Crippen LogP contribution in [0.15, 0.2) is 87.2 Å². The molecule has 0 bridgehead atoms. The van der Waals surface area contributed by atoms with Gasteiger partial charge in [0, 0.05) is 178 Å². The molecule has 6 atom stereocenters. The van der Waals surface area contributed by atoms with Gasteiger partial charge in [-0.15, -0.1) is 12.4 Å². The van der Waals surface area contributed by atoms with Crippen LogP contribution in [0.1, 0.15) is 205 Å². The molecular formula is C91H127Cl2N15O12. The number of amides is 2. The first kappa shape index (κ1) is 88.2. The van der Waals surface area contributed by atoms with Crippen molar-refractivity contribution < 1.29 is 43.3 Å². The molecule has 0 spiro atoms. The highest BCUT2D eigenvalue weighted by molar-refractivity contribution is 6.80. The van der Waals surface area contributed by atoms with E-state index in [1.807, 2.05) is 63.7 Å². The maximum Gasteiger partial charge on any atom is 0.397 e. The van der Waals surface area contributed by atoms with Crippen molar-refractivity contribution in [3.63, 3.8) is 0 Å². The Morgan fingerprint density at radius 3 is 0.933 bits per heavy atom. The number of benzene rings is 3. The van der Waals surface area contributed by atoms with Gasteiger partial charge in [0.25, 0.3) is 16.7 Å². The van der Waals surface area contributed by atoms with Gasteiger partial charge in [0.1, 0.15) is 0 Å². The number of carboxylic acids is 1. The average molecular weight is 1690 g/mol. The van der Waals surface area contributed by atoms with E-state index in [2.05, 4.69) is 62.2 Å². The summed E-state index contributed by atoms with van der Waals surface area (Å²) in [7, 11) is 0. The molecule has 3 saturated carbocycles. The number of halogens is 2. The molecule has 6 unspecified atom stereocenters. The molecule has 652 valence electrons. The molecule has 12 heterocycles. The van der Waals surface area contributed by atoms with Crippen molar-refractivity contribution >= 4 is 110 Å². The van der Waals surface area contributed by atoms with Crippen LogP contribution in [0.5, 0.6) is 0 Å².